The molecule has 1 nitrogen and oxygen atoms in total. The molecule has 0 saturated heterocycles. The van der Waals surface area contributed by atoms with Crippen molar-refractivity contribution in [2.75, 3.05) is 0 Å². The Balaban J connectivity index is 2.18. The van der Waals surface area contributed by atoms with Gasteiger partial charge in [0, 0.05) is 10.0 Å². The van der Waals surface area contributed by atoms with Crippen molar-refractivity contribution in [3.05, 3.63) is 34.1 Å². The average molecular weight is 300 g/mol. The average Bonchev–Trinajstić information content (AvgIpc) is 2.21. The second-order valence-corrected chi connectivity index (χ2v) is 6.25. The number of rotatable bonds is 2. The first-order valence-corrected chi connectivity index (χ1v) is 7.03. The van der Waals surface area contributed by atoms with E-state index in [1.165, 1.54) is 25.3 Å². The molecule has 0 aliphatic heterocycles. The first kappa shape index (κ1) is 13.0. The zero-order valence-corrected chi connectivity index (χ0v) is 11.8. The molecule has 1 aromatic carbocycles. The summed E-state index contributed by atoms with van der Waals surface area (Å²) in [5, 5.41) is 0. The van der Waals surface area contributed by atoms with Crippen LogP contribution < -0.4 is 5.73 Å². The van der Waals surface area contributed by atoms with Gasteiger partial charge in [0.25, 0.3) is 0 Å². The van der Waals surface area contributed by atoms with Gasteiger partial charge < -0.3 is 5.73 Å². The zero-order chi connectivity index (χ0) is 12.5. The summed E-state index contributed by atoms with van der Waals surface area (Å²) in [6.45, 7) is 2.22. The lowest BCUT2D eigenvalue weighted by molar-refractivity contribution is 0.204. The SMILES string of the molecule is CC1CCCCC1(N)Cc1cc(F)cc(Br)c1. The molecule has 0 heterocycles. The Kier molecular flexibility index (Phi) is 3.88. The summed E-state index contributed by atoms with van der Waals surface area (Å²) in [5.41, 5.74) is 7.33. The molecule has 0 radical (unpaired) electrons. The summed E-state index contributed by atoms with van der Waals surface area (Å²) in [7, 11) is 0. The maximum Gasteiger partial charge on any atom is 0.124 e. The van der Waals surface area contributed by atoms with Gasteiger partial charge in [0.2, 0.25) is 0 Å². The first-order valence-electron chi connectivity index (χ1n) is 6.23. The number of halogens is 2. The molecule has 0 bridgehead atoms. The third kappa shape index (κ3) is 3.08. The monoisotopic (exact) mass is 299 g/mol. The molecule has 3 heteroatoms. The van der Waals surface area contributed by atoms with E-state index in [4.69, 9.17) is 5.73 Å². The van der Waals surface area contributed by atoms with Crippen LogP contribution in [0.15, 0.2) is 22.7 Å². The maximum absolute atomic E-state index is 13.3. The van der Waals surface area contributed by atoms with Gasteiger partial charge in [-0.1, -0.05) is 35.7 Å². The Labute approximate surface area is 111 Å². The minimum atomic E-state index is -0.193. The van der Waals surface area contributed by atoms with E-state index >= 15 is 0 Å². The van der Waals surface area contributed by atoms with E-state index in [0.717, 1.165) is 22.9 Å². The molecular weight excluding hydrogens is 281 g/mol. The van der Waals surface area contributed by atoms with Gasteiger partial charge in [-0.05, 0) is 48.9 Å². The second-order valence-electron chi connectivity index (χ2n) is 5.33. The van der Waals surface area contributed by atoms with Crippen LogP contribution >= 0.6 is 15.9 Å². The van der Waals surface area contributed by atoms with Gasteiger partial charge in [0.05, 0.1) is 0 Å². The molecule has 2 atom stereocenters. The fourth-order valence-electron chi connectivity index (χ4n) is 2.79. The third-order valence-electron chi connectivity index (χ3n) is 3.97. The predicted molar refractivity (Wildman–Crippen MR) is 72.4 cm³/mol. The van der Waals surface area contributed by atoms with Gasteiger partial charge in [-0.25, -0.2) is 4.39 Å². The van der Waals surface area contributed by atoms with Crippen LogP contribution in [0.4, 0.5) is 4.39 Å². The van der Waals surface area contributed by atoms with Gasteiger partial charge in [0.15, 0.2) is 0 Å². The Morgan fingerprint density at radius 2 is 2.18 bits per heavy atom. The van der Waals surface area contributed by atoms with Crippen LogP contribution in [0.2, 0.25) is 0 Å². The quantitative estimate of drug-likeness (QED) is 0.876. The van der Waals surface area contributed by atoms with E-state index in [1.807, 2.05) is 6.07 Å². The van der Waals surface area contributed by atoms with Crippen LogP contribution in [0.25, 0.3) is 0 Å². The van der Waals surface area contributed by atoms with Crippen molar-refractivity contribution in [1.82, 2.24) is 0 Å². The lowest BCUT2D eigenvalue weighted by Crippen LogP contribution is -2.49. The van der Waals surface area contributed by atoms with E-state index in [1.54, 1.807) is 6.07 Å². The number of hydrogen-bond donors (Lipinski definition) is 1. The Hall–Kier alpha value is -0.410. The first-order chi connectivity index (χ1) is 7.99. The van der Waals surface area contributed by atoms with E-state index in [0.29, 0.717) is 5.92 Å². The summed E-state index contributed by atoms with van der Waals surface area (Å²) in [6, 6.07) is 5.05. The van der Waals surface area contributed by atoms with E-state index in [9.17, 15) is 4.39 Å². The van der Waals surface area contributed by atoms with Crippen LogP contribution in [0.5, 0.6) is 0 Å². The molecule has 94 valence electrons. The normalized spacial score (nSPS) is 29.3. The molecule has 1 aromatic rings. The number of nitrogens with two attached hydrogens (primary N) is 1. The summed E-state index contributed by atoms with van der Waals surface area (Å²) >= 11 is 3.33. The lowest BCUT2D eigenvalue weighted by atomic mass is 9.71. The molecule has 0 spiro atoms. The summed E-state index contributed by atoms with van der Waals surface area (Å²) < 4.78 is 14.1. The molecule has 1 aliphatic carbocycles. The highest BCUT2D eigenvalue weighted by Gasteiger charge is 2.34. The number of hydrogen-bond acceptors (Lipinski definition) is 1. The van der Waals surface area contributed by atoms with Crippen molar-refractivity contribution in [1.29, 1.82) is 0 Å². The van der Waals surface area contributed by atoms with Crippen molar-refractivity contribution >= 4 is 15.9 Å². The van der Waals surface area contributed by atoms with Crippen molar-refractivity contribution in [3.63, 3.8) is 0 Å². The summed E-state index contributed by atoms with van der Waals surface area (Å²) in [5.74, 6) is 0.319. The highest BCUT2D eigenvalue weighted by molar-refractivity contribution is 9.10. The van der Waals surface area contributed by atoms with Crippen LogP contribution in [0.1, 0.15) is 38.2 Å². The highest BCUT2D eigenvalue weighted by Crippen LogP contribution is 2.34. The van der Waals surface area contributed by atoms with Gasteiger partial charge in [-0.3, -0.25) is 0 Å². The second kappa shape index (κ2) is 5.07. The Morgan fingerprint density at radius 3 is 2.82 bits per heavy atom. The van der Waals surface area contributed by atoms with E-state index in [-0.39, 0.29) is 11.4 Å². The molecule has 2 N–H and O–H groups in total. The molecule has 0 amide bonds. The standard InChI is InChI=1S/C14H19BrFN/c1-10-4-2-3-5-14(10,17)9-11-6-12(15)8-13(16)7-11/h6-8,10H,2-5,9,17H2,1H3. The highest BCUT2D eigenvalue weighted by atomic mass is 79.9. The van der Waals surface area contributed by atoms with Crippen molar-refractivity contribution in [2.45, 2.75) is 44.6 Å². The van der Waals surface area contributed by atoms with Crippen LogP contribution in [0.3, 0.4) is 0 Å². The lowest BCUT2D eigenvalue weighted by Gasteiger charge is -2.39. The topological polar surface area (TPSA) is 26.0 Å². The molecule has 0 aromatic heterocycles. The Morgan fingerprint density at radius 1 is 1.41 bits per heavy atom. The molecule has 1 saturated carbocycles. The minimum absolute atomic E-state index is 0.161. The van der Waals surface area contributed by atoms with Gasteiger partial charge in [-0.15, -0.1) is 0 Å². The zero-order valence-electron chi connectivity index (χ0n) is 10.2. The van der Waals surface area contributed by atoms with Crippen molar-refractivity contribution in [2.24, 2.45) is 11.7 Å². The molecule has 1 aliphatic rings. The van der Waals surface area contributed by atoms with Gasteiger partial charge in [0.1, 0.15) is 5.82 Å². The fourth-order valence-corrected chi connectivity index (χ4v) is 3.31. The molecule has 2 unspecified atom stereocenters. The minimum Gasteiger partial charge on any atom is -0.325 e. The summed E-state index contributed by atoms with van der Waals surface area (Å²) in [6.07, 6.45) is 5.46. The molecular formula is C14H19BrFN. The fraction of sp³-hybridized carbons (Fsp3) is 0.571. The van der Waals surface area contributed by atoms with E-state index < -0.39 is 0 Å². The van der Waals surface area contributed by atoms with Crippen molar-refractivity contribution < 1.29 is 4.39 Å². The van der Waals surface area contributed by atoms with Gasteiger partial charge >= 0.3 is 0 Å². The largest absolute Gasteiger partial charge is 0.325 e. The van der Waals surface area contributed by atoms with Crippen LogP contribution in [-0.2, 0) is 6.42 Å². The van der Waals surface area contributed by atoms with Crippen LogP contribution in [0, 0.1) is 11.7 Å². The molecule has 2 rings (SSSR count). The number of benzene rings is 1. The third-order valence-corrected chi connectivity index (χ3v) is 4.42. The van der Waals surface area contributed by atoms with Gasteiger partial charge in [-0.2, -0.15) is 0 Å². The van der Waals surface area contributed by atoms with E-state index in [2.05, 4.69) is 22.9 Å². The maximum atomic E-state index is 13.3. The Bertz CT molecular complexity index is 387. The summed E-state index contributed by atoms with van der Waals surface area (Å²) in [4.78, 5) is 0. The molecule has 1 fully saturated rings. The predicted octanol–water partition coefficient (Wildman–Crippen LogP) is 4.04. The smallest absolute Gasteiger partial charge is 0.124 e. The van der Waals surface area contributed by atoms with Crippen LogP contribution in [-0.4, -0.2) is 5.54 Å². The van der Waals surface area contributed by atoms with Crippen molar-refractivity contribution in [3.8, 4) is 0 Å². The molecule has 17 heavy (non-hydrogen) atoms.